The lowest BCUT2D eigenvalue weighted by Gasteiger charge is -2.27. The second kappa shape index (κ2) is 7.73. The molecule has 1 aliphatic rings. The summed E-state index contributed by atoms with van der Waals surface area (Å²) in [5.74, 6) is 3.47. The van der Waals surface area contributed by atoms with Crippen LogP contribution in [0.2, 0.25) is 0 Å². The number of nitrogens with two attached hydrogens (primary N) is 1. The Morgan fingerprint density at radius 2 is 1.65 bits per heavy atom. The van der Waals surface area contributed by atoms with E-state index < -0.39 is 11.8 Å². The molecular weight excluding hydrogens is 298 g/mol. The molecule has 0 aliphatic heterocycles. The van der Waals surface area contributed by atoms with Gasteiger partial charge in [-0.2, -0.15) is 0 Å². The summed E-state index contributed by atoms with van der Waals surface area (Å²) in [5, 5.41) is 2.46. The molecule has 1 saturated carbocycles. The van der Waals surface area contributed by atoms with Gasteiger partial charge >= 0.3 is 17.8 Å². The van der Waals surface area contributed by atoms with Gasteiger partial charge in [0.25, 0.3) is 0 Å². The second-order valence-corrected chi connectivity index (χ2v) is 5.62. The van der Waals surface area contributed by atoms with Crippen LogP contribution in [0.4, 0.5) is 5.69 Å². The van der Waals surface area contributed by atoms with E-state index in [0.717, 1.165) is 31.2 Å². The van der Waals surface area contributed by atoms with Gasteiger partial charge in [-0.3, -0.25) is 19.8 Å². The van der Waals surface area contributed by atoms with Crippen LogP contribution in [0, 0.1) is 5.92 Å². The topological polar surface area (TPSA) is 111 Å². The number of ether oxygens (including phenoxy) is 1. The summed E-state index contributed by atoms with van der Waals surface area (Å²) < 4.78 is 4.79. The van der Waals surface area contributed by atoms with Gasteiger partial charge in [0.05, 0.1) is 13.0 Å². The molecule has 0 aromatic heterocycles. The molecule has 0 bridgehead atoms. The summed E-state index contributed by atoms with van der Waals surface area (Å²) in [6.07, 6.45) is 3.51. The zero-order chi connectivity index (χ0) is 16.8. The largest absolute Gasteiger partial charge is 0.469 e. The Bertz CT molecular complexity index is 577. The van der Waals surface area contributed by atoms with Gasteiger partial charge in [-0.1, -0.05) is 12.1 Å². The van der Waals surface area contributed by atoms with Gasteiger partial charge in [0.2, 0.25) is 0 Å². The monoisotopic (exact) mass is 319 g/mol. The number of nitrogens with one attached hydrogen (secondary N) is 2. The van der Waals surface area contributed by atoms with Crippen LogP contribution in [-0.4, -0.2) is 24.9 Å². The third kappa shape index (κ3) is 4.29. The van der Waals surface area contributed by atoms with Crippen LogP contribution in [0.25, 0.3) is 0 Å². The fraction of sp³-hybridized carbons (Fsp3) is 0.438. The number of esters is 1. The van der Waals surface area contributed by atoms with Gasteiger partial charge in [0, 0.05) is 5.69 Å². The van der Waals surface area contributed by atoms with Crippen molar-refractivity contribution < 1.29 is 19.1 Å². The van der Waals surface area contributed by atoms with Gasteiger partial charge in [-0.05, 0) is 49.3 Å². The number of hydrogen-bond donors (Lipinski definition) is 3. The average molecular weight is 319 g/mol. The van der Waals surface area contributed by atoms with E-state index in [-0.39, 0.29) is 11.9 Å². The van der Waals surface area contributed by atoms with E-state index in [4.69, 9.17) is 10.6 Å². The predicted molar refractivity (Wildman–Crippen MR) is 84.1 cm³/mol. The highest BCUT2D eigenvalue weighted by Crippen LogP contribution is 2.36. The van der Waals surface area contributed by atoms with Crippen LogP contribution in [0.5, 0.6) is 0 Å². The lowest BCUT2D eigenvalue weighted by atomic mass is 9.79. The van der Waals surface area contributed by atoms with E-state index in [9.17, 15) is 14.4 Å². The van der Waals surface area contributed by atoms with Crippen molar-refractivity contribution in [1.29, 1.82) is 0 Å². The van der Waals surface area contributed by atoms with Crippen molar-refractivity contribution in [3.8, 4) is 0 Å². The molecule has 2 amide bonds. The highest BCUT2D eigenvalue weighted by atomic mass is 16.5. The number of hydrogen-bond acceptors (Lipinski definition) is 5. The number of carbonyl (C=O) groups is 3. The Morgan fingerprint density at radius 3 is 2.17 bits per heavy atom. The van der Waals surface area contributed by atoms with E-state index in [1.165, 1.54) is 7.11 Å². The molecule has 0 saturated heterocycles. The first-order valence-electron chi connectivity index (χ1n) is 7.55. The molecular formula is C16H21N3O4. The van der Waals surface area contributed by atoms with Crippen LogP contribution in [-0.2, 0) is 19.1 Å². The van der Waals surface area contributed by atoms with Crippen molar-refractivity contribution in [2.24, 2.45) is 11.8 Å². The van der Waals surface area contributed by atoms with Gasteiger partial charge in [-0.15, -0.1) is 0 Å². The van der Waals surface area contributed by atoms with Gasteiger partial charge in [0.1, 0.15) is 0 Å². The van der Waals surface area contributed by atoms with E-state index in [1.54, 1.807) is 17.6 Å². The molecule has 1 aromatic rings. The summed E-state index contributed by atoms with van der Waals surface area (Å²) in [5.41, 5.74) is 3.47. The standard InChI is InChI=1S/C16H21N3O4/c1-23-16(22)12-4-2-10(3-5-12)11-6-8-13(9-7-11)18-14(20)15(21)19-17/h6-10,12H,2-5,17H2,1H3,(H,18,20)(H,19,21). The zero-order valence-electron chi connectivity index (χ0n) is 13.0. The van der Waals surface area contributed by atoms with E-state index in [2.05, 4.69) is 5.32 Å². The quantitative estimate of drug-likeness (QED) is 0.254. The first kappa shape index (κ1) is 17.0. The van der Waals surface area contributed by atoms with Crippen LogP contribution in [0.15, 0.2) is 24.3 Å². The number of anilines is 1. The number of amides is 2. The van der Waals surface area contributed by atoms with E-state index in [0.29, 0.717) is 11.6 Å². The number of benzene rings is 1. The van der Waals surface area contributed by atoms with Gasteiger partial charge in [-0.25, -0.2) is 5.84 Å². The van der Waals surface area contributed by atoms with E-state index >= 15 is 0 Å². The number of rotatable bonds is 3. The summed E-state index contributed by atoms with van der Waals surface area (Å²) >= 11 is 0. The molecule has 0 atom stereocenters. The first-order valence-corrected chi connectivity index (χ1v) is 7.55. The normalized spacial score (nSPS) is 20.4. The highest BCUT2D eigenvalue weighted by Gasteiger charge is 2.27. The van der Waals surface area contributed by atoms with Crippen LogP contribution in [0.1, 0.15) is 37.2 Å². The highest BCUT2D eigenvalue weighted by molar-refractivity contribution is 6.39. The molecule has 4 N–H and O–H groups in total. The molecule has 23 heavy (non-hydrogen) atoms. The molecule has 124 valence electrons. The molecule has 0 unspecified atom stereocenters. The van der Waals surface area contributed by atoms with Crippen molar-refractivity contribution in [3.05, 3.63) is 29.8 Å². The molecule has 7 heteroatoms. The van der Waals surface area contributed by atoms with Crippen molar-refractivity contribution in [3.63, 3.8) is 0 Å². The minimum absolute atomic E-state index is 0.00425. The molecule has 2 rings (SSSR count). The van der Waals surface area contributed by atoms with Crippen molar-refractivity contribution in [2.45, 2.75) is 31.6 Å². The molecule has 7 nitrogen and oxygen atoms in total. The summed E-state index contributed by atoms with van der Waals surface area (Å²) in [6.45, 7) is 0. The van der Waals surface area contributed by atoms with Crippen LogP contribution < -0.4 is 16.6 Å². The van der Waals surface area contributed by atoms with Crippen molar-refractivity contribution in [1.82, 2.24) is 5.43 Å². The van der Waals surface area contributed by atoms with Crippen molar-refractivity contribution >= 4 is 23.5 Å². The van der Waals surface area contributed by atoms with Crippen LogP contribution in [0.3, 0.4) is 0 Å². The van der Waals surface area contributed by atoms with E-state index in [1.807, 2.05) is 12.1 Å². The fourth-order valence-electron chi connectivity index (χ4n) is 2.92. The minimum Gasteiger partial charge on any atom is -0.469 e. The van der Waals surface area contributed by atoms with Crippen molar-refractivity contribution in [2.75, 3.05) is 12.4 Å². The number of carbonyl (C=O) groups excluding carboxylic acids is 3. The lowest BCUT2D eigenvalue weighted by molar-refractivity contribution is -0.146. The molecule has 0 radical (unpaired) electrons. The maximum absolute atomic E-state index is 11.5. The third-order valence-corrected chi connectivity index (χ3v) is 4.24. The predicted octanol–water partition coefficient (Wildman–Crippen LogP) is 1.06. The SMILES string of the molecule is COC(=O)C1CCC(c2ccc(NC(=O)C(=O)NN)cc2)CC1. The number of methoxy groups -OCH3 is 1. The zero-order valence-corrected chi connectivity index (χ0v) is 13.0. The maximum Gasteiger partial charge on any atom is 0.323 e. The average Bonchev–Trinajstić information content (AvgIpc) is 2.61. The first-order chi connectivity index (χ1) is 11.0. The Labute approximate surface area is 134 Å². The van der Waals surface area contributed by atoms with Gasteiger partial charge in [0.15, 0.2) is 0 Å². The molecule has 1 fully saturated rings. The lowest BCUT2D eigenvalue weighted by Crippen LogP contribution is -2.39. The van der Waals surface area contributed by atoms with Gasteiger partial charge < -0.3 is 10.1 Å². The third-order valence-electron chi connectivity index (χ3n) is 4.24. The smallest absolute Gasteiger partial charge is 0.323 e. The maximum atomic E-state index is 11.5. The Morgan fingerprint density at radius 1 is 1.04 bits per heavy atom. The Hall–Kier alpha value is -2.41. The minimum atomic E-state index is -0.893. The Kier molecular flexibility index (Phi) is 5.70. The summed E-state index contributed by atoms with van der Waals surface area (Å²) in [6, 6.07) is 7.37. The summed E-state index contributed by atoms with van der Waals surface area (Å²) in [4.78, 5) is 34.0. The molecule has 0 spiro atoms. The molecule has 0 heterocycles. The summed E-state index contributed by atoms with van der Waals surface area (Å²) in [7, 11) is 1.42. The molecule has 1 aliphatic carbocycles. The number of hydrazine groups is 1. The Balaban J connectivity index is 1.92. The molecule has 1 aromatic carbocycles. The van der Waals surface area contributed by atoms with Crippen LogP contribution >= 0.6 is 0 Å². The second-order valence-electron chi connectivity index (χ2n) is 5.62. The fourth-order valence-corrected chi connectivity index (χ4v) is 2.92.